The Bertz CT molecular complexity index is 413. The van der Waals surface area contributed by atoms with E-state index in [0.29, 0.717) is 6.04 Å². The maximum Gasteiger partial charge on any atom is 0.0447 e. The maximum atomic E-state index is 3.51. The van der Waals surface area contributed by atoms with Crippen molar-refractivity contribution < 1.29 is 0 Å². The van der Waals surface area contributed by atoms with Gasteiger partial charge in [-0.05, 0) is 58.3 Å². The SMILES string of the molecule is CCCC1CCN(CC(NC)c2cc(C)cc(C)c2)CC1. The van der Waals surface area contributed by atoms with Gasteiger partial charge in [-0.15, -0.1) is 0 Å². The second-order valence-corrected chi connectivity index (χ2v) is 6.79. The van der Waals surface area contributed by atoms with Crippen LogP contribution < -0.4 is 5.32 Å². The van der Waals surface area contributed by atoms with Gasteiger partial charge in [0.25, 0.3) is 0 Å². The van der Waals surface area contributed by atoms with Gasteiger partial charge in [-0.3, -0.25) is 0 Å². The van der Waals surface area contributed by atoms with Gasteiger partial charge < -0.3 is 10.2 Å². The van der Waals surface area contributed by atoms with Gasteiger partial charge in [-0.1, -0.05) is 49.1 Å². The Morgan fingerprint density at radius 2 is 1.76 bits per heavy atom. The zero-order valence-corrected chi connectivity index (χ0v) is 14.3. The number of aryl methyl sites for hydroxylation is 2. The molecule has 1 aliphatic rings. The molecule has 2 heteroatoms. The molecule has 0 aliphatic carbocycles. The Hall–Kier alpha value is -0.860. The van der Waals surface area contributed by atoms with Gasteiger partial charge >= 0.3 is 0 Å². The Labute approximate surface area is 130 Å². The summed E-state index contributed by atoms with van der Waals surface area (Å²) in [7, 11) is 2.09. The average molecular weight is 288 g/mol. The Kier molecular flexibility index (Phi) is 6.25. The normalized spacial score (nSPS) is 18.9. The molecule has 1 atom stereocenters. The average Bonchev–Trinajstić information content (AvgIpc) is 2.45. The summed E-state index contributed by atoms with van der Waals surface area (Å²) in [6, 6.07) is 7.37. The van der Waals surface area contributed by atoms with E-state index in [1.165, 1.54) is 55.5 Å². The van der Waals surface area contributed by atoms with Crippen molar-refractivity contribution in [3.05, 3.63) is 34.9 Å². The highest BCUT2D eigenvalue weighted by atomic mass is 15.1. The van der Waals surface area contributed by atoms with E-state index in [0.717, 1.165) is 12.5 Å². The predicted octanol–water partition coefficient (Wildman–Crippen LogP) is 4.08. The second kappa shape index (κ2) is 7.95. The molecule has 1 aliphatic heterocycles. The van der Waals surface area contributed by atoms with Crippen LogP contribution in [-0.2, 0) is 0 Å². The predicted molar refractivity (Wildman–Crippen MR) is 91.8 cm³/mol. The highest BCUT2D eigenvalue weighted by Gasteiger charge is 2.21. The summed E-state index contributed by atoms with van der Waals surface area (Å²) in [6.45, 7) is 10.4. The van der Waals surface area contributed by atoms with Crippen molar-refractivity contribution in [1.29, 1.82) is 0 Å². The molecule has 0 aromatic heterocycles. The van der Waals surface area contributed by atoms with Crippen LogP contribution in [0.15, 0.2) is 18.2 Å². The first-order valence-corrected chi connectivity index (χ1v) is 8.60. The molecular formula is C19H32N2. The van der Waals surface area contributed by atoms with Gasteiger partial charge in [0, 0.05) is 12.6 Å². The summed E-state index contributed by atoms with van der Waals surface area (Å²) in [6.07, 6.45) is 5.53. The number of hydrogen-bond donors (Lipinski definition) is 1. The van der Waals surface area contributed by atoms with Crippen LogP contribution in [-0.4, -0.2) is 31.6 Å². The number of hydrogen-bond acceptors (Lipinski definition) is 2. The lowest BCUT2D eigenvalue weighted by Gasteiger charge is -2.34. The number of likely N-dealkylation sites (tertiary alicyclic amines) is 1. The van der Waals surface area contributed by atoms with Gasteiger partial charge in [0.05, 0.1) is 0 Å². The van der Waals surface area contributed by atoms with Crippen molar-refractivity contribution in [2.75, 3.05) is 26.7 Å². The van der Waals surface area contributed by atoms with Crippen LogP contribution in [0.2, 0.25) is 0 Å². The molecule has 0 bridgehead atoms. The quantitative estimate of drug-likeness (QED) is 0.848. The standard InChI is InChI=1S/C19H32N2/c1-5-6-17-7-9-21(10-8-17)14-19(20-4)18-12-15(2)11-16(3)13-18/h11-13,17,19-20H,5-10,14H2,1-4H3. The molecule has 2 nitrogen and oxygen atoms in total. The first-order valence-electron chi connectivity index (χ1n) is 8.60. The number of benzene rings is 1. The lowest BCUT2D eigenvalue weighted by molar-refractivity contribution is 0.165. The summed E-state index contributed by atoms with van der Waals surface area (Å²) >= 11 is 0. The fourth-order valence-electron chi connectivity index (χ4n) is 3.70. The molecule has 21 heavy (non-hydrogen) atoms. The van der Waals surface area contributed by atoms with Gasteiger partial charge in [-0.25, -0.2) is 0 Å². The number of rotatable bonds is 6. The zero-order chi connectivity index (χ0) is 15.2. The van der Waals surface area contributed by atoms with Crippen LogP contribution in [0.25, 0.3) is 0 Å². The molecule has 0 amide bonds. The maximum absolute atomic E-state index is 3.51. The first-order chi connectivity index (χ1) is 10.1. The van der Waals surface area contributed by atoms with Crippen molar-refractivity contribution in [2.24, 2.45) is 5.92 Å². The molecule has 1 aromatic carbocycles. The molecule has 1 fully saturated rings. The summed E-state index contributed by atoms with van der Waals surface area (Å²) in [4.78, 5) is 2.64. The molecule has 1 N–H and O–H groups in total. The van der Waals surface area contributed by atoms with E-state index in [1.54, 1.807) is 0 Å². The molecule has 1 saturated heterocycles. The van der Waals surface area contributed by atoms with Crippen LogP contribution in [0.5, 0.6) is 0 Å². The highest BCUT2D eigenvalue weighted by Crippen LogP contribution is 2.24. The third kappa shape index (κ3) is 4.82. The Balaban J connectivity index is 1.94. The van der Waals surface area contributed by atoms with E-state index in [1.807, 2.05) is 0 Å². The van der Waals surface area contributed by atoms with Gasteiger partial charge in [0.2, 0.25) is 0 Å². The second-order valence-electron chi connectivity index (χ2n) is 6.79. The van der Waals surface area contributed by atoms with Crippen LogP contribution in [0.4, 0.5) is 0 Å². The fourth-order valence-corrected chi connectivity index (χ4v) is 3.70. The fraction of sp³-hybridized carbons (Fsp3) is 0.684. The number of nitrogens with zero attached hydrogens (tertiary/aromatic N) is 1. The molecule has 118 valence electrons. The van der Waals surface area contributed by atoms with Crippen LogP contribution in [0.1, 0.15) is 55.3 Å². The summed E-state index contributed by atoms with van der Waals surface area (Å²) < 4.78 is 0. The molecule has 0 spiro atoms. The topological polar surface area (TPSA) is 15.3 Å². The minimum Gasteiger partial charge on any atom is -0.312 e. The Morgan fingerprint density at radius 1 is 1.14 bits per heavy atom. The number of likely N-dealkylation sites (N-methyl/N-ethyl adjacent to an activating group) is 1. The molecule has 0 radical (unpaired) electrons. The van der Waals surface area contributed by atoms with E-state index in [2.05, 4.69) is 56.2 Å². The Morgan fingerprint density at radius 3 is 2.29 bits per heavy atom. The number of piperidine rings is 1. The molecule has 2 rings (SSSR count). The minimum absolute atomic E-state index is 0.450. The largest absolute Gasteiger partial charge is 0.312 e. The van der Waals surface area contributed by atoms with E-state index in [4.69, 9.17) is 0 Å². The van der Waals surface area contributed by atoms with Crippen LogP contribution in [0.3, 0.4) is 0 Å². The van der Waals surface area contributed by atoms with Crippen molar-refractivity contribution in [1.82, 2.24) is 10.2 Å². The molecule has 0 saturated carbocycles. The van der Waals surface area contributed by atoms with Gasteiger partial charge in [0.1, 0.15) is 0 Å². The molecule has 1 heterocycles. The summed E-state index contributed by atoms with van der Waals surface area (Å²) in [5, 5.41) is 3.51. The van der Waals surface area contributed by atoms with Crippen LogP contribution >= 0.6 is 0 Å². The minimum atomic E-state index is 0.450. The first kappa shape index (κ1) is 16.5. The lowest BCUT2D eigenvalue weighted by atomic mass is 9.92. The third-order valence-electron chi connectivity index (χ3n) is 4.84. The molecule has 1 aromatic rings. The van der Waals surface area contributed by atoms with E-state index >= 15 is 0 Å². The van der Waals surface area contributed by atoms with E-state index < -0.39 is 0 Å². The lowest BCUT2D eigenvalue weighted by Crippen LogP contribution is -2.39. The van der Waals surface area contributed by atoms with Crippen LogP contribution in [0, 0.1) is 19.8 Å². The van der Waals surface area contributed by atoms with Crippen molar-refractivity contribution in [3.8, 4) is 0 Å². The third-order valence-corrected chi connectivity index (χ3v) is 4.84. The zero-order valence-electron chi connectivity index (χ0n) is 14.3. The monoisotopic (exact) mass is 288 g/mol. The van der Waals surface area contributed by atoms with Crippen molar-refractivity contribution in [3.63, 3.8) is 0 Å². The van der Waals surface area contributed by atoms with E-state index in [9.17, 15) is 0 Å². The summed E-state index contributed by atoms with van der Waals surface area (Å²) in [5.74, 6) is 0.973. The smallest absolute Gasteiger partial charge is 0.0447 e. The van der Waals surface area contributed by atoms with E-state index in [-0.39, 0.29) is 0 Å². The summed E-state index contributed by atoms with van der Waals surface area (Å²) in [5.41, 5.74) is 4.17. The van der Waals surface area contributed by atoms with Gasteiger partial charge in [-0.2, -0.15) is 0 Å². The van der Waals surface area contributed by atoms with Crippen molar-refractivity contribution in [2.45, 2.75) is 52.5 Å². The molecular weight excluding hydrogens is 256 g/mol. The number of nitrogens with one attached hydrogen (secondary N) is 1. The molecule has 1 unspecified atom stereocenters. The van der Waals surface area contributed by atoms with Gasteiger partial charge in [0.15, 0.2) is 0 Å². The van der Waals surface area contributed by atoms with Crippen molar-refractivity contribution >= 4 is 0 Å². The highest BCUT2D eigenvalue weighted by molar-refractivity contribution is 5.30.